The second kappa shape index (κ2) is 10.1. The topological polar surface area (TPSA) is 52.6 Å². The first-order chi connectivity index (χ1) is 12.4. The van der Waals surface area contributed by atoms with Gasteiger partial charge in [-0.15, -0.1) is 0 Å². The lowest BCUT2D eigenvalue weighted by Gasteiger charge is -2.34. The fraction of sp³-hybridized carbons (Fsp3) is 0.818. The zero-order valence-corrected chi connectivity index (χ0v) is 17.0. The Hall–Kier alpha value is -1.32. The van der Waals surface area contributed by atoms with Gasteiger partial charge in [0, 0.05) is 0 Å². The number of allylic oxidation sites excluding steroid dienone is 1. The van der Waals surface area contributed by atoms with Gasteiger partial charge < -0.3 is 9.47 Å². The molecule has 0 heterocycles. The van der Waals surface area contributed by atoms with Crippen LogP contribution >= 0.6 is 0 Å². The van der Waals surface area contributed by atoms with Crippen LogP contribution in [0.15, 0.2) is 11.1 Å². The lowest BCUT2D eigenvalue weighted by molar-refractivity contribution is -0.151. The van der Waals surface area contributed by atoms with Crippen molar-refractivity contribution in [2.75, 3.05) is 0 Å². The van der Waals surface area contributed by atoms with Crippen LogP contribution in [0.2, 0.25) is 0 Å². The Morgan fingerprint density at radius 1 is 0.654 bits per heavy atom. The first-order valence-electron chi connectivity index (χ1n) is 10.6. The van der Waals surface area contributed by atoms with Crippen LogP contribution in [-0.2, 0) is 19.1 Å². The van der Waals surface area contributed by atoms with Crippen molar-refractivity contribution in [1.82, 2.24) is 0 Å². The molecule has 0 bridgehead atoms. The number of carbonyl (C=O) groups excluding carboxylic acids is 2. The van der Waals surface area contributed by atoms with Gasteiger partial charge in [-0.05, 0) is 70.8 Å². The Labute approximate surface area is 158 Å². The molecule has 0 aliphatic heterocycles. The summed E-state index contributed by atoms with van der Waals surface area (Å²) in [6.07, 6.45) is 11.0. The molecule has 4 nitrogen and oxygen atoms in total. The second-order valence-electron chi connectivity index (χ2n) is 8.41. The van der Waals surface area contributed by atoms with Crippen molar-refractivity contribution in [1.29, 1.82) is 0 Å². The fourth-order valence-corrected chi connectivity index (χ4v) is 4.43. The van der Waals surface area contributed by atoms with E-state index in [1.54, 1.807) is 0 Å². The highest BCUT2D eigenvalue weighted by Crippen LogP contribution is 2.41. The summed E-state index contributed by atoms with van der Waals surface area (Å²) in [6, 6.07) is 0. The fourth-order valence-electron chi connectivity index (χ4n) is 4.43. The van der Waals surface area contributed by atoms with Crippen molar-refractivity contribution in [3.63, 3.8) is 0 Å². The van der Waals surface area contributed by atoms with Gasteiger partial charge in [0.25, 0.3) is 0 Å². The number of rotatable bonds is 6. The first-order valence-corrected chi connectivity index (χ1v) is 10.6. The van der Waals surface area contributed by atoms with E-state index in [0.717, 1.165) is 31.3 Å². The summed E-state index contributed by atoms with van der Waals surface area (Å²) in [5, 5.41) is 0. The minimum atomic E-state index is -0.489. The molecule has 0 aromatic heterocycles. The molecule has 4 heteroatoms. The molecule has 26 heavy (non-hydrogen) atoms. The van der Waals surface area contributed by atoms with Crippen LogP contribution in [0.25, 0.3) is 0 Å². The third kappa shape index (κ3) is 5.85. The van der Waals surface area contributed by atoms with Crippen LogP contribution in [0.5, 0.6) is 0 Å². The molecule has 2 fully saturated rings. The standard InChI is InChI=1S/C22H36O4/c1-15(2)25-21(23)20(22(24)26-16(3)4)19(17-11-7-5-8-12-17)18-13-9-6-10-14-18/h15-18H,5-14H2,1-4H3. The number of hydrogen-bond acceptors (Lipinski definition) is 4. The molecule has 0 spiro atoms. The highest BCUT2D eigenvalue weighted by atomic mass is 16.6. The Kier molecular flexibility index (Phi) is 8.17. The maximum absolute atomic E-state index is 12.9. The van der Waals surface area contributed by atoms with Crippen molar-refractivity contribution in [3.05, 3.63) is 11.1 Å². The molecule has 2 aliphatic carbocycles. The van der Waals surface area contributed by atoms with Crippen LogP contribution in [-0.4, -0.2) is 24.1 Å². The average Bonchev–Trinajstić information content (AvgIpc) is 2.59. The summed E-state index contributed by atoms with van der Waals surface area (Å²) >= 11 is 0. The predicted octanol–water partition coefficient (Wildman–Crippen LogP) is 5.35. The monoisotopic (exact) mass is 364 g/mol. The van der Waals surface area contributed by atoms with Gasteiger partial charge in [-0.2, -0.15) is 0 Å². The molecule has 2 rings (SSSR count). The summed E-state index contributed by atoms with van der Waals surface area (Å²) in [5.74, 6) is -0.337. The molecule has 0 saturated heterocycles. The molecular formula is C22H36O4. The third-order valence-electron chi connectivity index (χ3n) is 5.47. The molecule has 0 aromatic rings. The lowest BCUT2D eigenvalue weighted by Crippen LogP contribution is -2.30. The van der Waals surface area contributed by atoms with Crippen molar-refractivity contribution in [3.8, 4) is 0 Å². The van der Waals surface area contributed by atoms with Crippen molar-refractivity contribution in [2.45, 2.75) is 104 Å². The molecule has 0 unspecified atom stereocenters. The summed E-state index contributed by atoms with van der Waals surface area (Å²) in [4.78, 5) is 25.8. The second-order valence-corrected chi connectivity index (χ2v) is 8.41. The molecule has 2 aliphatic rings. The van der Waals surface area contributed by atoms with Gasteiger partial charge in [0.15, 0.2) is 0 Å². The van der Waals surface area contributed by atoms with Crippen LogP contribution in [0.1, 0.15) is 91.9 Å². The SMILES string of the molecule is CC(C)OC(=O)C(C(=O)OC(C)C)=C(C1CCCCC1)C1CCCCC1. The van der Waals surface area contributed by atoms with Crippen LogP contribution in [0.4, 0.5) is 0 Å². The minimum Gasteiger partial charge on any atom is -0.459 e. The quantitative estimate of drug-likeness (QED) is 0.276. The summed E-state index contributed by atoms with van der Waals surface area (Å²) in [6.45, 7) is 7.29. The molecule has 2 saturated carbocycles. The van der Waals surface area contributed by atoms with E-state index in [2.05, 4.69) is 0 Å². The van der Waals surface area contributed by atoms with E-state index in [9.17, 15) is 9.59 Å². The number of ether oxygens (including phenoxy) is 2. The van der Waals surface area contributed by atoms with Crippen molar-refractivity contribution >= 4 is 11.9 Å². The van der Waals surface area contributed by atoms with Crippen LogP contribution in [0, 0.1) is 11.8 Å². The van der Waals surface area contributed by atoms with Crippen molar-refractivity contribution < 1.29 is 19.1 Å². The van der Waals surface area contributed by atoms with Gasteiger partial charge in [-0.3, -0.25) is 0 Å². The molecule has 0 aromatic carbocycles. The average molecular weight is 365 g/mol. The van der Waals surface area contributed by atoms with Gasteiger partial charge in [0.1, 0.15) is 5.57 Å². The van der Waals surface area contributed by atoms with E-state index in [0.29, 0.717) is 11.8 Å². The molecule has 148 valence electrons. The Bertz CT molecular complexity index is 462. The zero-order valence-electron chi connectivity index (χ0n) is 17.0. The van der Waals surface area contributed by atoms with Crippen molar-refractivity contribution in [2.24, 2.45) is 11.8 Å². The molecule has 0 amide bonds. The summed E-state index contributed by atoms with van der Waals surface area (Å²) < 4.78 is 11.0. The van der Waals surface area contributed by atoms with Gasteiger partial charge in [0.05, 0.1) is 12.2 Å². The Morgan fingerprint density at radius 2 is 1.00 bits per heavy atom. The van der Waals surface area contributed by atoms with E-state index in [1.165, 1.54) is 38.5 Å². The highest BCUT2D eigenvalue weighted by molar-refractivity contribution is 6.15. The normalized spacial score (nSPS) is 19.5. The molecular weight excluding hydrogens is 328 g/mol. The minimum absolute atomic E-state index is 0.214. The molecule has 0 N–H and O–H groups in total. The largest absolute Gasteiger partial charge is 0.459 e. The predicted molar refractivity (Wildman–Crippen MR) is 103 cm³/mol. The third-order valence-corrected chi connectivity index (χ3v) is 5.47. The van der Waals surface area contributed by atoms with Gasteiger partial charge in [-0.25, -0.2) is 9.59 Å². The first kappa shape index (κ1) is 21.0. The lowest BCUT2D eigenvalue weighted by atomic mass is 9.72. The molecule has 0 atom stereocenters. The van der Waals surface area contributed by atoms with E-state index in [1.807, 2.05) is 27.7 Å². The maximum atomic E-state index is 12.9. The highest BCUT2D eigenvalue weighted by Gasteiger charge is 2.36. The maximum Gasteiger partial charge on any atom is 0.345 e. The number of esters is 2. The summed E-state index contributed by atoms with van der Waals surface area (Å²) in [7, 11) is 0. The zero-order chi connectivity index (χ0) is 19.1. The van der Waals surface area contributed by atoms with E-state index in [4.69, 9.17) is 9.47 Å². The van der Waals surface area contributed by atoms with E-state index >= 15 is 0 Å². The Balaban J connectivity index is 2.46. The number of hydrogen-bond donors (Lipinski definition) is 0. The summed E-state index contributed by atoms with van der Waals surface area (Å²) in [5.41, 5.74) is 1.27. The smallest absolute Gasteiger partial charge is 0.345 e. The molecule has 0 radical (unpaired) electrons. The van der Waals surface area contributed by atoms with Gasteiger partial charge >= 0.3 is 11.9 Å². The Morgan fingerprint density at radius 3 is 1.31 bits per heavy atom. The van der Waals surface area contributed by atoms with Gasteiger partial charge in [0.2, 0.25) is 0 Å². The van der Waals surface area contributed by atoms with E-state index in [-0.39, 0.29) is 17.8 Å². The number of carbonyl (C=O) groups is 2. The van der Waals surface area contributed by atoms with Gasteiger partial charge in [-0.1, -0.05) is 38.5 Å². The van der Waals surface area contributed by atoms with E-state index < -0.39 is 11.9 Å². The van der Waals surface area contributed by atoms with Crippen LogP contribution < -0.4 is 0 Å². The van der Waals surface area contributed by atoms with Crippen LogP contribution in [0.3, 0.4) is 0 Å².